The van der Waals surface area contributed by atoms with E-state index in [9.17, 15) is 0 Å². The molecule has 0 amide bonds. The van der Waals surface area contributed by atoms with Crippen LogP contribution in [0.1, 0.15) is 19.8 Å². The Labute approximate surface area is 69.9 Å². The Morgan fingerprint density at radius 1 is 1.45 bits per heavy atom. The van der Waals surface area contributed by atoms with Crippen molar-refractivity contribution in [3.63, 3.8) is 0 Å². The second-order valence-corrected chi connectivity index (χ2v) is 3.13. The second kappa shape index (κ2) is 6.58. The van der Waals surface area contributed by atoms with Crippen molar-refractivity contribution >= 4 is 0 Å². The van der Waals surface area contributed by atoms with E-state index in [1.165, 1.54) is 6.42 Å². The zero-order valence-electron chi connectivity index (χ0n) is 7.93. The van der Waals surface area contributed by atoms with Gasteiger partial charge < -0.3 is 16.0 Å². The maximum absolute atomic E-state index is 5.67. The van der Waals surface area contributed by atoms with Crippen LogP contribution in [0, 0.1) is 0 Å². The van der Waals surface area contributed by atoms with E-state index in [1.54, 1.807) is 0 Å². The van der Waals surface area contributed by atoms with Crippen molar-refractivity contribution in [2.45, 2.75) is 25.9 Å². The summed E-state index contributed by atoms with van der Waals surface area (Å²) in [6.45, 7) is 4.24. The summed E-state index contributed by atoms with van der Waals surface area (Å²) in [7, 11) is 4.17. The smallest absolute Gasteiger partial charge is 0.0543 e. The zero-order chi connectivity index (χ0) is 8.69. The van der Waals surface area contributed by atoms with Gasteiger partial charge in [0.1, 0.15) is 0 Å². The molecule has 0 saturated heterocycles. The molecule has 0 spiro atoms. The van der Waals surface area contributed by atoms with Crippen molar-refractivity contribution in [3.05, 3.63) is 0 Å². The van der Waals surface area contributed by atoms with Gasteiger partial charge in [0.05, 0.1) is 6.17 Å². The normalized spacial score (nSPS) is 13.9. The van der Waals surface area contributed by atoms with Crippen LogP contribution in [0.4, 0.5) is 0 Å². The van der Waals surface area contributed by atoms with Crippen molar-refractivity contribution < 1.29 is 0 Å². The number of nitrogens with one attached hydrogen (secondary N) is 1. The Hall–Kier alpha value is -0.120. The maximum Gasteiger partial charge on any atom is 0.0543 e. The van der Waals surface area contributed by atoms with Gasteiger partial charge in [-0.25, -0.2) is 0 Å². The number of nitrogens with zero attached hydrogens (tertiary/aromatic N) is 1. The van der Waals surface area contributed by atoms with Crippen LogP contribution in [0.25, 0.3) is 0 Å². The lowest BCUT2D eigenvalue weighted by atomic mass is 10.3. The first-order chi connectivity index (χ1) is 5.16. The summed E-state index contributed by atoms with van der Waals surface area (Å²) in [6, 6.07) is 0. The Bertz CT molecular complexity index is 83.4. The third-order valence-electron chi connectivity index (χ3n) is 1.63. The third-order valence-corrected chi connectivity index (χ3v) is 1.63. The summed E-state index contributed by atoms with van der Waals surface area (Å²) in [6.07, 6.45) is 2.35. The highest BCUT2D eigenvalue weighted by atomic mass is 15.1. The SMILES string of the molecule is CCC(N)NCCCN(C)C. The molecule has 0 aromatic heterocycles. The highest BCUT2D eigenvalue weighted by Gasteiger charge is 1.95. The summed E-state index contributed by atoms with van der Waals surface area (Å²) in [5.74, 6) is 0. The van der Waals surface area contributed by atoms with Crippen LogP contribution >= 0.6 is 0 Å². The summed E-state index contributed by atoms with van der Waals surface area (Å²) in [5.41, 5.74) is 5.67. The molecule has 0 heterocycles. The largest absolute Gasteiger partial charge is 0.316 e. The van der Waals surface area contributed by atoms with Crippen LogP contribution in [-0.4, -0.2) is 38.3 Å². The molecule has 3 nitrogen and oxygen atoms in total. The molecule has 3 N–H and O–H groups in total. The molecule has 0 aliphatic rings. The van der Waals surface area contributed by atoms with Gasteiger partial charge in [-0.3, -0.25) is 0 Å². The molecule has 0 rings (SSSR count). The molecule has 0 aromatic carbocycles. The lowest BCUT2D eigenvalue weighted by Gasteiger charge is -2.13. The average Bonchev–Trinajstić information content (AvgIpc) is 1.97. The van der Waals surface area contributed by atoms with Gasteiger partial charge in [0.25, 0.3) is 0 Å². The van der Waals surface area contributed by atoms with E-state index in [2.05, 4.69) is 31.2 Å². The minimum absolute atomic E-state index is 0.178. The Morgan fingerprint density at radius 3 is 2.55 bits per heavy atom. The van der Waals surface area contributed by atoms with Crippen molar-refractivity contribution in [2.75, 3.05) is 27.2 Å². The Kier molecular flexibility index (Phi) is 6.51. The monoisotopic (exact) mass is 159 g/mol. The van der Waals surface area contributed by atoms with Crippen LogP contribution in [0.3, 0.4) is 0 Å². The van der Waals surface area contributed by atoms with Gasteiger partial charge in [-0.1, -0.05) is 6.92 Å². The molecule has 0 radical (unpaired) electrons. The minimum Gasteiger partial charge on any atom is -0.316 e. The lowest BCUT2D eigenvalue weighted by Crippen LogP contribution is -2.37. The van der Waals surface area contributed by atoms with E-state index >= 15 is 0 Å². The van der Waals surface area contributed by atoms with E-state index in [1.807, 2.05) is 0 Å². The summed E-state index contributed by atoms with van der Waals surface area (Å²) in [4.78, 5) is 2.18. The summed E-state index contributed by atoms with van der Waals surface area (Å²) in [5, 5.41) is 3.24. The predicted molar refractivity (Wildman–Crippen MR) is 49.4 cm³/mol. The molecule has 0 aromatic rings. The quantitative estimate of drug-likeness (QED) is 0.430. The van der Waals surface area contributed by atoms with Crippen LogP contribution < -0.4 is 11.1 Å². The Morgan fingerprint density at radius 2 is 2.09 bits per heavy atom. The van der Waals surface area contributed by atoms with Crippen molar-refractivity contribution in [2.24, 2.45) is 5.73 Å². The van der Waals surface area contributed by atoms with Crippen molar-refractivity contribution in [3.8, 4) is 0 Å². The molecule has 0 saturated carbocycles. The van der Waals surface area contributed by atoms with E-state index in [-0.39, 0.29) is 6.17 Å². The molecular formula is C8H21N3. The minimum atomic E-state index is 0.178. The summed E-state index contributed by atoms with van der Waals surface area (Å²) < 4.78 is 0. The second-order valence-electron chi connectivity index (χ2n) is 3.13. The first kappa shape index (κ1) is 10.9. The predicted octanol–water partition coefficient (Wildman–Crippen LogP) is 0.223. The third kappa shape index (κ3) is 7.78. The van der Waals surface area contributed by atoms with Gasteiger partial charge in [0.15, 0.2) is 0 Å². The molecule has 0 aliphatic carbocycles. The molecule has 0 aliphatic heterocycles. The molecule has 11 heavy (non-hydrogen) atoms. The maximum atomic E-state index is 5.67. The summed E-state index contributed by atoms with van der Waals surface area (Å²) >= 11 is 0. The lowest BCUT2D eigenvalue weighted by molar-refractivity contribution is 0.385. The number of hydrogen-bond donors (Lipinski definition) is 2. The highest BCUT2D eigenvalue weighted by Crippen LogP contribution is 1.83. The van der Waals surface area contributed by atoms with Crippen LogP contribution in [0.2, 0.25) is 0 Å². The molecule has 1 unspecified atom stereocenters. The first-order valence-electron chi connectivity index (χ1n) is 4.30. The molecule has 0 fully saturated rings. The van der Waals surface area contributed by atoms with Gasteiger partial charge in [0, 0.05) is 0 Å². The number of hydrogen-bond acceptors (Lipinski definition) is 3. The average molecular weight is 159 g/mol. The molecule has 68 valence electrons. The van der Waals surface area contributed by atoms with Crippen molar-refractivity contribution in [1.29, 1.82) is 0 Å². The van der Waals surface area contributed by atoms with Crippen molar-refractivity contribution in [1.82, 2.24) is 10.2 Å². The van der Waals surface area contributed by atoms with Crippen LogP contribution in [0.5, 0.6) is 0 Å². The first-order valence-corrected chi connectivity index (χ1v) is 4.30. The molecule has 1 atom stereocenters. The van der Waals surface area contributed by atoms with Crippen LogP contribution in [0.15, 0.2) is 0 Å². The highest BCUT2D eigenvalue weighted by molar-refractivity contribution is 4.56. The fraction of sp³-hybridized carbons (Fsp3) is 1.00. The van der Waals surface area contributed by atoms with Gasteiger partial charge in [-0.2, -0.15) is 0 Å². The van der Waals surface area contributed by atoms with E-state index < -0.39 is 0 Å². The van der Waals surface area contributed by atoms with Gasteiger partial charge in [-0.15, -0.1) is 0 Å². The number of nitrogens with two attached hydrogens (primary N) is 1. The van der Waals surface area contributed by atoms with Gasteiger partial charge >= 0.3 is 0 Å². The van der Waals surface area contributed by atoms with Gasteiger partial charge in [-0.05, 0) is 40.0 Å². The number of rotatable bonds is 6. The topological polar surface area (TPSA) is 41.3 Å². The van der Waals surface area contributed by atoms with E-state index in [0.717, 1.165) is 19.5 Å². The zero-order valence-corrected chi connectivity index (χ0v) is 7.93. The fourth-order valence-electron chi connectivity index (χ4n) is 0.827. The van der Waals surface area contributed by atoms with Gasteiger partial charge in [0.2, 0.25) is 0 Å². The van der Waals surface area contributed by atoms with E-state index in [0.29, 0.717) is 0 Å². The van der Waals surface area contributed by atoms with E-state index in [4.69, 9.17) is 5.73 Å². The van der Waals surface area contributed by atoms with Crippen LogP contribution in [-0.2, 0) is 0 Å². The molecule has 0 bridgehead atoms. The molecular weight excluding hydrogens is 138 g/mol. The fourth-order valence-corrected chi connectivity index (χ4v) is 0.827. The Balaban J connectivity index is 3.01. The molecule has 3 heteroatoms. The standard InChI is InChI=1S/C8H21N3/c1-4-8(9)10-6-5-7-11(2)3/h8,10H,4-7,9H2,1-3H3.